The highest BCUT2D eigenvalue weighted by atomic mass is 32.1. The van der Waals surface area contributed by atoms with E-state index in [0.717, 1.165) is 25.1 Å². The molecule has 2 unspecified atom stereocenters. The Balaban J connectivity index is 1.58. The fraction of sp³-hybridized carbons (Fsp3) is 0.292. The largest absolute Gasteiger partial charge is 0.376 e. The molecule has 0 bridgehead atoms. The van der Waals surface area contributed by atoms with E-state index in [-0.39, 0.29) is 29.5 Å². The molecule has 6 nitrogen and oxygen atoms in total. The SMILES string of the molecule is CC1=C(c2nc(-c3cccc(F)c3)no2)C(c2cccc(F)c2)NC(=S)N1CC1CCCO1. The van der Waals surface area contributed by atoms with E-state index in [4.69, 9.17) is 21.5 Å². The number of ether oxygens (including phenoxy) is 1. The first-order chi connectivity index (χ1) is 16.0. The van der Waals surface area contributed by atoms with Gasteiger partial charge in [0.25, 0.3) is 5.89 Å². The third-order valence-electron chi connectivity index (χ3n) is 5.93. The molecule has 2 aromatic carbocycles. The Morgan fingerprint density at radius 1 is 1.15 bits per heavy atom. The number of halogens is 2. The summed E-state index contributed by atoms with van der Waals surface area (Å²) in [6, 6.07) is 11.8. The van der Waals surface area contributed by atoms with Gasteiger partial charge in [-0.15, -0.1) is 0 Å². The van der Waals surface area contributed by atoms with E-state index in [2.05, 4.69) is 15.5 Å². The van der Waals surface area contributed by atoms with Gasteiger partial charge in [-0.2, -0.15) is 4.98 Å². The zero-order valence-electron chi connectivity index (χ0n) is 17.9. The Labute approximate surface area is 195 Å². The van der Waals surface area contributed by atoms with Crippen LogP contribution in [0.4, 0.5) is 8.78 Å². The molecule has 0 aliphatic carbocycles. The van der Waals surface area contributed by atoms with Gasteiger partial charge in [0.1, 0.15) is 11.6 Å². The predicted octanol–water partition coefficient (Wildman–Crippen LogP) is 4.86. The van der Waals surface area contributed by atoms with Gasteiger partial charge >= 0.3 is 0 Å². The summed E-state index contributed by atoms with van der Waals surface area (Å²) in [7, 11) is 0. The lowest BCUT2D eigenvalue weighted by Gasteiger charge is -2.38. The van der Waals surface area contributed by atoms with Crippen molar-refractivity contribution in [3.8, 4) is 11.4 Å². The smallest absolute Gasteiger partial charge is 0.258 e. The highest BCUT2D eigenvalue weighted by Crippen LogP contribution is 2.38. The lowest BCUT2D eigenvalue weighted by molar-refractivity contribution is 0.0962. The fourth-order valence-electron chi connectivity index (χ4n) is 4.28. The number of thiocarbonyl (C=S) groups is 1. The number of hydrogen-bond donors (Lipinski definition) is 1. The molecule has 2 aliphatic heterocycles. The molecule has 3 aromatic rings. The topological polar surface area (TPSA) is 63.4 Å². The average Bonchev–Trinajstić information content (AvgIpc) is 3.49. The molecule has 33 heavy (non-hydrogen) atoms. The number of allylic oxidation sites excluding steroid dienone is 1. The highest BCUT2D eigenvalue weighted by Gasteiger charge is 2.35. The third-order valence-corrected chi connectivity index (χ3v) is 6.27. The van der Waals surface area contributed by atoms with Gasteiger partial charge in [-0.05, 0) is 61.8 Å². The molecule has 0 amide bonds. The zero-order chi connectivity index (χ0) is 22.9. The lowest BCUT2D eigenvalue weighted by atomic mass is 9.94. The van der Waals surface area contributed by atoms with E-state index in [1.54, 1.807) is 18.2 Å². The maximum Gasteiger partial charge on any atom is 0.258 e. The number of nitrogens with one attached hydrogen (secondary N) is 1. The Bertz CT molecular complexity index is 1220. The summed E-state index contributed by atoms with van der Waals surface area (Å²) in [6.45, 7) is 3.25. The monoisotopic (exact) mass is 468 g/mol. The minimum Gasteiger partial charge on any atom is -0.376 e. The molecule has 9 heteroatoms. The first kappa shape index (κ1) is 21.7. The van der Waals surface area contributed by atoms with Crippen molar-refractivity contribution in [1.82, 2.24) is 20.4 Å². The Morgan fingerprint density at radius 2 is 1.94 bits per heavy atom. The van der Waals surface area contributed by atoms with Crippen molar-refractivity contribution in [3.63, 3.8) is 0 Å². The minimum atomic E-state index is -0.491. The van der Waals surface area contributed by atoms with Crippen LogP contribution in [0.3, 0.4) is 0 Å². The first-order valence-electron chi connectivity index (χ1n) is 10.8. The fourth-order valence-corrected chi connectivity index (χ4v) is 4.61. The van der Waals surface area contributed by atoms with Crippen molar-refractivity contribution >= 4 is 22.9 Å². The molecule has 3 heterocycles. The maximum absolute atomic E-state index is 14.1. The van der Waals surface area contributed by atoms with Crippen LogP contribution < -0.4 is 5.32 Å². The van der Waals surface area contributed by atoms with Crippen molar-refractivity contribution in [2.75, 3.05) is 13.2 Å². The maximum atomic E-state index is 14.1. The van der Waals surface area contributed by atoms with Crippen molar-refractivity contribution < 1.29 is 18.0 Å². The number of nitrogens with zero attached hydrogens (tertiary/aromatic N) is 3. The quantitative estimate of drug-likeness (QED) is 0.537. The van der Waals surface area contributed by atoms with Crippen LogP contribution in [0.15, 0.2) is 58.8 Å². The Hall–Kier alpha value is -3.17. The second-order valence-corrected chi connectivity index (χ2v) is 8.50. The molecule has 0 spiro atoms. The molecular weight excluding hydrogens is 446 g/mol. The normalized spacial score (nSPS) is 20.9. The van der Waals surface area contributed by atoms with Crippen LogP contribution in [0.5, 0.6) is 0 Å². The molecular formula is C24H22F2N4O2S. The number of benzene rings is 2. The standard InChI is InChI=1S/C24H22F2N4O2S/c1-14-20(23-28-22(29-32-23)16-6-3-8-18(26)12-16)21(15-5-2-7-17(25)11-15)27-24(33)30(14)13-19-9-4-10-31-19/h2-3,5-8,11-12,19,21H,4,9-10,13H2,1H3,(H,27,33). The van der Waals surface area contributed by atoms with Gasteiger partial charge in [-0.25, -0.2) is 8.78 Å². The van der Waals surface area contributed by atoms with Gasteiger partial charge in [0, 0.05) is 17.9 Å². The zero-order valence-corrected chi connectivity index (χ0v) is 18.7. The van der Waals surface area contributed by atoms with Crippen LogP contribution >= 0.6 is 12.2 Å². The Morgan fingerprint density at radius 3 is 2.67 bits per heavy atom. The minimum absolute atomic E-state index is 0.0669. The van der Waals surface area contributed by atoms with Gasteiger partial charge in [0.05, 0.1) is 24.3 Å². The Kier molecular flexibility index (Phi) is 5.90. The second-order valence-electron chi connectivity index (χ2n) is 8.12. The van der Waals surface area contributed by atoms with Crippen molar-refractivity contribution in [1.29, 1.82) is 0 Å². The third kappa shape index (κ3) is 4.38. The first-order valence-corrected chi connectivity index (χ1v) is 11.2. The summed E-state index contributed by atoms with van der Waals surface area (Å²) in [5.41, 5.74) is 2.68. The summed E-state index contributed by atoms with van der Waals surface area (Å²) in [5.74, 6) is -0.223. The van der Waals surface area contributed by atoms with Gasteiger partial charge in [0.2, 0.25) is 5.82 Å². The summed E-state index contributed by atoms with van der Waals surface area (Å²) < 4.78 is 39.2. The number of aromatic nitrogens is 2. The predicted molar refractivity (Wildman–Crippen MR) is 123 cm³/mol. The molecule has 0 radical (unpaired) electrons. The molecule has 1 N–H and O–H groups in total. The van der Waals surface area contributed by atoms with E-state index >= 15 is 0 Å². The van der Waals surface area contributed by atoms with Crippen LogP contribution in [0.1, 0.15) is 37.3 Å². The summed E-state index contributed by atoms with van der Waals surface area (Å²) in [4.78, 5) is 6.51. The summed E-state index contributed by atoms with van der Waals surface area (Å²) in [5, 5.41) is 7.90. The van der Waals surface area contributed by atoms with Gasteiger partial charge < -0.3 is 19.5 Å². The molecule has 5 rings (SSSR count). The van der Waals surface area contributed by atoms with E-state index in [9.17, 15) is 8.78 Å². The van der Waals surface area contributed by atoms with Gasteiger partial charge in [-0.1, -0.05) is 29.4 Å². The molecule has 170 valence electrons. The number of hydrogen-bond acceptors (Lipinski definition) is 5. The van der Waals surface area contributed by atoms with Gasteiger partial charge in [0.15, 0.2) is 5.11 Å². The van der Waals surface area contributed by atoms with E-state index in [1.807, 2.05) is 17.9 Å². The van der Waals surface area contributed by atoms with Crippen molar-refractivity contribution in [3.05, 3.63) is 77.3 Å². The van der Waals surface area contributed by atoms with E-state index in [1.165, 1.54) is 24.3 Å². The second kappa shape index (κ2) is 8.99. The van der Waals surface area contributed by atoms with Crippen molar-refractivity contribution in [2.45, 2.75) is 31.9 Å². The highest BCUT2D eigenvalue weighted by molar-refractivity contribution is 7.80. The molecule has 2 atom stereocenters. The van der Waals surface area contributed by atoms with Crippen LogP contribution in [-0.4, -0.2) is 39.4 Å². The molecule has 1 saturated heterocycles. The molecule has 1 fully saturated rings. The van der Waals surface area contributed by atoms with Crippen LogP contribution in [-0.2, 0) is 4.74 Å². The van der Waals surface area contributed by atoms with Crippen LogP contribution in [0.2, 0.25) is 0 Å². The van der Waals surface area contributed by atoms with Crippen LogP contribution in [0.25, 0.3) is 17.0 Å². The van der Waals surface area contributed by atoms with Crippen molar-refractivity contribution in [2.24, 2.45) is 0 Å². The van der Waals surface area contributed by atoms with Gasteiger partial charge in [-0.3, -0.25) is 0 Å². The van der Waals surface area contributed by atoms with E-state index < -0.39 is 6.04 Å². The molecule has 0 saturated carbocycles. The molecule has 1 aromatic heterocycles. The lowest BCUT2D eigenvalue weighted by Crippen LogP contribution is -2.48. The summed E-state index contributed by atoms with van der Waals surface area (Å²) >= 11 is 5.67. The molecule has 2 aliphatic rings. The summed E-state index contributed by atoms with van der Waals surface area (Å²) in [6.07, 6.45) is 2.04. The number of rotatable bonds is 5. The van der Waals surface area contributed by atoms with E-state index in [0.29, 0.717) is 28.4 Å². The van der Waals surface area contributed by atoms with Crippen LogP contribution in [0, 0.1) is 11.6 Å². The average molecular weight is 469 g/mol.